The number of rotatable bonds is 3. The molecule has 88 valence electrons. The molecule has 0 aromatic rings. The Kier molecular flexibility index (Phi) is 3.36. The van der Waals surface area contributed by atoms with Gasteiger partial charge < -0.3 is 11.1 Å². The van der Waals surface area contributed by atoms with E-state index in [0.29, 0.717) is 0 Å². The van der Waals surface area contributed by atoms with Crippen molar-refractivity contribution in [3.63, 3.8) is 0 Å². The van der Waals surface area contributed by atoms with E-state index in [1.54, 1.807) is 0 Å². The van der Waals surface area contributed by atoms with Crippen molar-refractivity contribution in [1.29, 1.82) is 0 Å². The third kappa shape index (κ3) is 2.94. The summed E-state index contributed by atoms with van der Waals surface area (Å²) in [6.07, 6.45) is 7.83. The van der Waals surface area contributed by atoms with Gasteiger partial charge in [-0.25, -0.2) is 0 Å². The molecule has 2 aliphatic carbocycles. The molecule has 0 saturated heterocycles. The van der Waals surface area contributed by atoms with Crippen LogP contribution in [0.3, 0.4) is 0 Å². The lowest BCUT2D eigenvalue weighted by Gasteiger charge is -2.41. The Morgan fingerprint density at radius 3 is 2.60 bits per heavy atom. The summed E-state index contributed by atoms with van der Waals surface area (Å²) < 4.78 is 0. The second kappa shape index (κ2) is 4.42. The largest absolute Gasteiger partial charge is 0.324 e. The van der Waals surface area contributed by atoms with E-state index >= 15 is 0 Å². The van der Waals surface area contributed by atoms with Crippen molar-refractivity contribution in [3.8, 4) is 0 Å². The van der Waals surface area contributed by atoms with E-state index in [9.17, 15) is 0 Å². The predicted molar refractivity (Wildman–Crippen MR) is 64.7 cm³/mol. The van der Waals surface area contributed by atoms with Gasteiger partial charge in [0.1, 0.15) is 0 Å². The molecule has 2 aliphatic rings. The molecule has 15 heavy (non-hydrogen) atoms. The molecule has 2 saturated carbocycles. The Morgan fingerprint density at radius 1 is 1.27 bits per heavy atom. The summed E-state index contributed by atoms with van der Waals surface area (Å²) >= 11 is 0. The molecule has 2 atom stereocenters. The zero-order chi connectivity index (χ0) is 10.9. The molecular weight excluding hydrogens is 184 g/mol. The van der Waals surface area contributed by atoms with E-state index in [4.69, 9.17) is 5.73 Å². The molecule has 0 heterocycles. The predicted octanol–water partition coefficient (Wildman–Crippen LogP) is 2.28. The van der Waals surface area contributed by atoms with Gasteiger partial charge in [0, 0.05) is 18.1 Å². The monoisotopic (exact) mass is 210 g/mol. The molecule has 2 unspecified atom stereocenters. The molecule has 0 radical (unpaired) electrons. The van der Waals surface area contributed by atoms with Crippen LogP contribution in [0.4, 0.5) is 0 Å². The zero-order valence-electron chi connectivity index (χ0n) is 10.3. The summed E-state index contributed by atoms with van der Waals surface area (Å²) in [6.45, 7) is 5.71. The molecule has 0 spiro atoms. The van der Waals surface area contributed by atoms with Gasteiger partial charge >= 0.3 is 0 Å². The molecule has 2 heteroatoms. The molecule has 2 fully saturated rings. The summed E-state index contributed by atoms with van der Waals surface area (Å²) in [5, 5.41) is 3.66. The standard InChI is InChI=1S/C13H26N2/c1-10-4-3-5-13(14,8-10)9-15-12-6-11(2)7-12/h10-12,15H,3-9,14H2,1-2H3. The van der Waals surface area contributed by atoms with Crippen LogP contribution in [0, 0.1) is 11.8 Å². The fraction of sp³-hybridized carbons (Fsp3) is 1.00. The normalized spacial score (nSPS) is 46.2. The van der Waals surface area contributed by atoms with Crippen LogP contribution in [0.15, 0.2) is 0 Å². The highest BCUT2D eigenvalue weighted by Crippen LogP contribution is 2.31. The highest BCUT2D eigenvalue weighted by molar-refractivity contribution is 4.94. The second-order valence-electron chi connectivity index (χ2n) is 6.22. The van der Waals surface area contributed by atoms with Crippen LogP contribution in [0.5, 0.6) is 0 Å². The van der Waals surface area contributed by atoms with Crippen molar-refractivity contribution in [1.82, 2.24) is 5.32 Å². The van der Waals surface area contributed by atoms with E-state index in [1.807, 2.05) is 0 Å². The summed E-state index contributed by atoms with van der Waals surface area (Å²) in [4.78, 5) is 0. The van der Waals surface area contributed by atoms with Crippen LogP contribution in [0.25, 0.3) is 0 Å². The topological polar surface area (TPSA) is 38.0 Å². The molecular formula is C13H26N2. The Hall–Kier alpha value is -0.0800. The first-order chi connectivity index (χ1) is 7.07. The van der Waals surface area contributed by atoms with Crippen molar-refractivity contribution in [2.45, 2.75) is 64.0 Å². The zero-order valence-corrected chi connectivity index (χ0v) is 10.3. The molecule has 0 amide bonds. The van der Waals surface area contributed by atoms with Gasteiger partial charge in [-0.05, 0) is 37.5 Å². The van der Waals surface area contributed by atoms with Crippen molar-refractivity contribution in [2.24, 2.45) is 17.6 Å². The lowest BCUT2D eigenvalue weighted by atomic mass is 9.76. The van der Waals surface area contributed by atoms with Crippen molar-refractivity contribution >= 4 is 0 Å². The average molecular weight is 210 g/mol. The van der Waals surface area contributed by atoms with Crippen LogP contribution in [-0.2, 0) is 0 Å². The SMILES string of the molecule is CC1CC(NCC2(N)CCCC(C)C2)C1. The maximum Gasteiger partial charge on any atom is 0.0283 e. The van der Waals surface area contributed by atoms with Gasteiger partial charge in [0.15, 0.2) is 0 Å². The van der Waals surface area contributed by atoms with Gasteiger partial charge in [0.25, 0.3) is 0 Å². The van der Waals surface area contributed by atoms with Gasteiger partial charge in [0.2, 0.25) is 0 Å². The first-order valence-corrected chi connectivity index (χ1v) is 6.60. The Balaban J connectivity index is 1.72. The highest BCUT2D eigenvalue weighted by Gasteiger charge is 2.33. The van der Waals surface area contributed by atoms with Gasteiger partial charge in [-0.1, -0.05) is 26.7 Å². The lowest BCUT2D eigenvalue weighted by Crippen LogP contribution is -2.55. The van der Waals surface area contributed by atoms with Crippen molar-refractivity contribution in [2.75, 3.05) is 6.54 Å². The molecule has 0 aliphatic heterocycles. The van der Waals surface area contributed by atoms with Crippen LogP contribution in [0.2, 0.25) is 0 Å². The molecule has 0 bridgehead atoms. The number of nitrogens with one attached hydrogen (secondary N) is 1. The van der Waals surface area contributed by atoms with Crippen molar-refractivity contribution < 1.29 is 0 Å². The molecule has 0 aromatic carbocycles. The number of nitrogens with two attached hydrogens (primary N) is 1. The van der Waals surface area contributed by atoms with Crippen molar-refractivity contribution in [3.05, 3.63) is 0 Å². The maximum atomic E-state index is 6.45. The fourth-order valence-corrected chi connectivity index (χ4v) is 3.28. The summed E-state index contributed by atoms with van der Waals surface area (Å²) in [5.74, 6) is 1.76. The molecule has 2 nitrogen and oxygen atoms in total. The highest BCUT2D eigenvalue weighted by atomic mass is 15.0. The van der Waals surface area contributed by atoms with Gasteiger partial charge in [-0.3, -0.25) is 0 Å². The summed E-state index contributed by atoms with van der Waals surface area (Å²) in [7, 11) is 0. The van der Waals surface area contributed by atoms with Crippen LogP contribution < -0.4 is 11.1 Å². The Bertz CT molecular complexity index is 211. The quantitative estimate of drug-likeness (QED) is 0.750. The molecule has 0 aromatic heterocycles. The average Bonchev–Trinajstić information content (AvgIpc) is 2.10. The maximum absolute atomic E-state index is 6.45. The van der Waals surface area contributed by atoms with Crippen LogP contribution in [-0.4, -0.2) is 18.1 Å². The third-order valence-electron chi connectivity index (χ3n) is 4.24. The smallest absolute Gasteiger partial charge is 0.0283 e. The van der Waals surface area contributed by atoms with E-state index in [2.05, 4.69) is 19.2 Å². The minimum atomic E-state index is 0.0937. The van der Waals surface area contributed by atoms with Crippen LogP contribution in [0.1, 0.15) is 52.4 Å². The van der Waals surface area contributed by atoms with Crippen LogP contribution >= 0.6 is 0 Å². The fourth-order valence-electron chi connectivity index (χ4n) is 3.28. The van der Waals surface area contributed by atoms with E-state index in [1.165, 1.54) is 38.5 Å². The lowest BCUT2D eigenvalue weighted by molar-refractivity contribution is 0.186. The minimum Gasteiger partial charge on any atom is -0.324 e. The first kappa shape index (κ1) is 11.4. The Morgan fingerprint density at radius 2 is 2.00 bits per heavy atom. The Labute approximate surface area is 94.0 Å². The summed E-state index contributed by atoms with van der Waals surface area (Å²) in [5.41, 5.74) is 6.54. The van der Waals surface area contributed by atoms with Gasteiger partial charge in [-0.2, -0.15) is 0 Å². The molecule has 3 N–H and O–H groups in total. The van der Waals surface area contributed by atoms with Gasteiger partial charge in [0.05, 0.1) is 0 Å². The number of hydrogen-bond acceptors (Lipinski definition) is 2. The van der Waals surface area contributed by atoms with E-state index in [-0.39, 0.29) is 5.54 Å². The van der Waals surface area contributed by atoms with E-state index in [0.717, 1.165) is 24.4 Å². The number of hydrogen-bond donors (Lipinski definition) is 2. The second-order valence-corrected chi connectivity index (χ2v) is 6.22. The van der Waals surface area contributed by atoms with E-state index < -0.39 is 0 Å². The van der Waals surface area contributed by atoms with Gasteiger partial charge in [-0.15, -0.1) is 0 Å². The third-order valence-corrected chi connectivity index (χ3v) is 4.24. The summed E-state index contributed by atoms with van der Waals surface area (Å²) in [6, 6.07) is 0.762. The minimum absolute atomic E-state index is 0.0937. The first-order valence-electron chi connectivity index (χ1n) is 6.60. The molecule has 2 rings (SSSR count).